The first kappa shape index (κ1) is 18.0. The van der Waals surface area contributed by atoms with Gasteiger partial charge in [0, 0.05) is 21.2 Å². The summed E-state index contributed by atoms with van der Waals surface area (Å²) in [5.41, 5.74) is 8.05. The minimum Gasteiger partial charge on any atom is -0.349 e. The van der Waals surface area contributed by atoms with E-state index in [0.717, 1.165) is 27.5 Å². The van der Waals surface area contributed by atoms with E-state index in [1.54, 1.807) is 0 Å². The molecule has 2 bridgehead atoms. The molecule has 1 aromatic carbocycles. The lowest BCUT2D eigenvalue weighted by molar-refractivity contribution is 0.0755. The molecule has 0 aromatic heterocycles. The van der Waals surface area contributed by atoms with Crippen molar-refractivity contribution in [2.24, 2.45) is 17.6 Å². The maximum atomic E-state index is 12.7. The highest BCUT2D eigenvalue weighted by atomic mass is 127. The summed E-state index contributed by atoms with van der Waals surface area (Å²) in [5, 5.41) is 3.33. The van der Waals surface area contributed by atoms with Gasteiger partial charge in [-0.1, -0.05) is 12.5 Å². The van der Waals surface area contributed by atoms with Gasteiger partial charge in [-0.05, 0) is 84.7 Å². The van der Waals surface area contributed by atoms with E-state index in [0.29, 0.717) is 23.9 Å². The lowest BCUT2D eigenvalue weighted by Gasteiger charge is -2.45. The molecule has 5 heteroatoms. The molecule has 0 heterocycles. The Labute approximate surface area is 152 Å². The summed E-state index contributed by atoms with van der Waals surface area (Å²) in [6.07, 6.45) is 5.83. The zero-order valence-electron chi connectivity index (χ0n) is 12.8. The summed E-state index contributed by atoms with van der Waals surface area (Å²) < 4.78 is 1.14. The zero-order chi connectivity index (χ0) is 15.0. The van der Waals surface area contributed by atoms with Crippen molar-refractivity contribution < 1.29 is 4.79 Å². The number of halogens is 2. The summed E-state index contributed by atoms with van der Waals surface area (Å²) in [5.74, 6) is 1.22. The number of fused-ring (bicyclic) bond motifs is 2. The van der Waals surface area contributed by atoms with Gasteiger partial charge in [0.05, 0.1) is 0 Å². The molecule has 2 fully saturated rings. The molecule has 3 nitrogen and oxygen atoms in total. The minimum absolute atomic E-state index is 0. The Morgan fingerprint density at radius 2 is 1.91 bits per heavy atom. The van der Waals surface area contributed by atoms with Gasteiger partial charge in [0.25, 0.3) is 5.91 Å². The van der Waals surface area contributed by atoms with Crippen LogP contribution in [0.1, 0.15) is 48.0 Å². The fourth-order valence-corrected chi connectivity index (χ4v) is 4.61. The third-order valence-electron chi connectivity index (χ3n) is 5.19. The van der Waals surface area contributed by atoms with Gasteiger partial charge in [0.15, 0.2) is 0 Å². The molecule has 1 amide bonds. The quantitative estimate of drug-likeness (QED) is 0.698. The predicted octanol–water partition coefficient (Wildman–Crippen LogP) is 3.66. The SMILES string of the molecule is Cc1c(I)cccc1C(=O)NC1C2CCCC1CC(N)C2.Cl. The normalized spacial score (nSPS) is 30.3. The van der Waals surface area contributed by atoms with Gasteiger partial charge in [-0.25, -0.2) is 0 Å². The van der Waals surface area contributed by atoms with Crippen molar-refractivity contribution in [2.75, 3.05) is 0 Å². The molecule has 0 aliphatic heterocycles. The van der Waals surface area contributed by atoms with E-state index < -0.39 is 0 Å². The number of hydrogen-bond donors (Lipinski definition) is 2. The maximum absolute atomic E-state index is 12.7. The van der Waals surface area contributed by atoms with Crippen LogP contribution in [0.5, 0.6) is 0 Å². The van der Waals surface area contributed by atoms with Gasteiger partial charge >= 0.3 is 0 Å². The van der Waals surface area contributed by atoms with E-state index in [-0.39, 0.29) is 18.3 Å². The fourth-order valence-electron chi connectivity index (χ4n) is 4.11. The molecule has 3 N–H and O–H groups in total. The van der Waals surface area contributed by atoms with Crippen molar-refractivity contribution in [1.82, 2.24) is 5.32 Å². The van der Waals surface area contributed by atoms with Gasteiger partial charge in [0.2, 0.25) is 0 Å². The first-order valence-corrected chi connectivity index (χ1v) is 8.95. The van der Waals surface area contributed by atoms with Crippen LogP contribution in [-0.2, 0) is 0 Å². The van der Waals surface area contributed by atoms with Crippen molar-refractivity contribution in [3.63, 3.8) is 0 Å². The molecule has 2 aliphatic carbocycles. The van der Waals surface area contributed by atoms with Crippen molar-refractivity contribution in [3.05, 3.63) is 32.9 Å². The lowest BCUT2D eigenvalue weighted by atomic mass is 9.67. The van der Waals surface area contributed by atoms with E-state index in [4.69, 9.17) is 5.73 Å². The van der Waals surface area contributed by atoms with E-state index in [1.807, 2.05) is 25.1 Å². The highest BCUT2D eigenvalue weighted by Gasteiger charge is 2.40. The average molecular weight is 435 g/mol. The lowest BCUT2D eigenvalue weighted by Crippen LogP contribution is -2.53. The van der Waals surface area contributed by atoms with Crippen molar-refractivity contribution in [3.8, 4) is 0 Å². The van der Waals surface area contributed by atoms with Crippen LogP contribution in [0.3, 0.4) is 0 Å². The number of carbonyl (C=O) groups is 1. The minimum atomic E-state index is 0. The standard InChI is InChI=1S/C17H23IN2O.ClH/c1-10-14(6-3-7-15(10)18)17(21)20-16-11-4-2-5-12(16)9-13(19)8-11;/h3,6-7,11-13,16H,2,4-5,8-9,19H2,1H3,(H,20,21);1H. The average Bonchev–Trinajstić information content (AvgIpc) is 2.42. The van der Waals surface area contributed by atoms with Gasteiger partial charge in [0.1, 0.15) is 0 Å². The van der Waals surface area contributed by atoms with Gasteiger partial charge in [-0.15, -0.1) is 12.4 Å². The molecular formula is C17H24ClIN2O. The van der Waals surface area contributed by atoms with Crippen LogP contribution in [0.2, 0.25) is 0 Å². The van der Waals surface area contributed by atoms with Crippen LogP contribution in [0.4, 0.5) is 0 Å². The molecule has 1 aromatic rings. The van der Waals surface area contributed by atoms with Crippen LogP contribution in [0.25, 0.3) is 0 Å². The summed E-state index contributed by atoms with van der Waals surface area (Å²) in [6.45, 7) is 2.02. The Hall–Kier alpha value is -0.330. The number of nitrogens with one attached hydrogen (secondary N) is 1. The Morgan fingerprint density at radius 1 is 1.27 bits per heavy atom. The number of nitrogens with two attached hydrogens (primary N) is 1. The molecule has 2 aliphatic rings. The molecule has 0 radical (unpaired) electrons. The number of benzene rings is 1. The molecule has 2 atom stereocenters. The predicted molar refractivity (Wildman–Crippen MR) is 100 cm³/mol. The van der Waals surface area contributed by atoms with E-state index >= 15 is 0 Å². The molecule has 22 heavy (non-hydrogen) atoms. The van der Waals surface area contributed by atoms with Crippen molar-refractivity contribution in [2.45, 2.75) is 51.1 Å². The molecule has 122 valence electrons. The Kier molecular flexibility index (Phi) is 6.14. The van der Waals surface area contributed by atoms with E-state index in [1.165, 1.54) is 19.3 Å². The van der Waals surface area contributed by atoms with Gasteiger partial charge in [-0.2, -0.15) is 0 Å². The van der Waals surface area contributed by atoms with Crippen molar-refractivity contribution >= 4 is 40.9 Å². The largest absolute Gasteiger partial charge is 0.349 e. The van der Waals surface area contributed by atoms with Gasteiger partial charge in [-0.3, -0.25) is 4.79 Å². The fraction of sp³-hybridized carbons (Fsp3) is 0.588. The first-order valence-electron chi connectivity index (χ1n) is 7.88. The molecule has 0 saturated heterocycles. The van der Waals surface area contributed by atoms with Crippen LogP contribution >= 0.6 is 35.0 Å². The Balaban J connectivity index is 0.00000176. The second-order valence-electron chi connectivity index (χ2n) is 6.59. The number of carbonyl (C=O) groups excluding carboxylic acids is 1. The van der Waals surface area contributed by atoms with E-state index in [9.17, 15) is 4.79 Å². The number of rotatable bonds is 2. The van der Waals surface area contributed by atoms with Crippen LogP contribution in [0.15, 0.2) is 18.2 Å². The Morgan fingerprint density at radius 3 is 2.55 bits per heavy atom. The molecule has 0 spiro atoms. The van der Waals surface area contributed by atoms with E-state index in [2.05, 4.69) is 27.9 Å². The Bertz CT molecular complexity index is 537. The molecule has 2 unspecified atom stereocenters. The highest BCUT2D eigenvalue weighted by molar-refractivity contribution is 14.1. The summed E-state index contributed by atoms with van der Waals surface area (Å²) in [7, 11) is 0. The van der Waals surface area contributed by atoms with Crippen LogP contribution < -0.4 is 11.1 Å². The molecular weight excluding hydrogens is 411 g/mol. The maximum Gasteiger partial charge on any atom is 0.251 e. The van der Waals surface area contributed by atoms with Crippen LogP contribution in [-0.4, -0.2) is 18.0 Å². The first-order chi connectivity index (χ1) is 10.1. The highest BCUT2D eigenvalue weighted by Crippen LogP contribution is 2.39. The summed E-state index contributed by atoms with van der Waals surface area (Å²) >= 11 is 2.29. The third kappa shape index (κ3) is 3.60. The molecule has 2 saturated carbocycles. The summed E-state index contributed by atoms with van der Waals surface area (Å²) in [4.78, 5) is 12.7. The number of amides is 1. The second-order valence-corrected chi connectivity index (χ2v) is 7.76. The van der Waals surface area contributed by atoms with Gasteiger partial charge < -0.3 is 11.1 Å². The van der Waals surface area contributed by atoms with Crippen LogP contribution in [0, 0.1) is 22.3 Å². The monoisotopic (exact) mass is 434 g/mol. The topological polar surface area (TPSA) is 55.1 Å². The second kappa shape index (κ2) is 7.49. The van der Waals surface area contributed by atoms with Crippen molar-refractivity contribution in [1.29, 1.82) is 0 Å². The number of hydrogen-bond acceptors (Lipinski definition) is 2. The zero-order valence-corrected chi connectivity index (χ0v) is 15.8. The molecule has 3 rings (SSSR count). The third-order valence-corrected chi connectivity index (χ3v) is 6.36. The smallest absolute Gasteiger partial charge is 0.251 e. The summed E-state index contributed by atoms with van der Waals surface area (Å²) in [6, 6.07) is 6.58.